The molecule has 1 atom stereocenters. The molecule has 0 bridgehead atoms. The van der Waals surface area contributed by atoms with Crippen molar-refractivity contribution in [2.75, 3.05) is 65.5 Å². The molecule has 1 unspecified atom stereocenters. The number of rotatable bonds is 11. The van der Waals surface area contributed by atoms with Gasteiger partial charge in [0.1, 0.15) is 0 Å². The van der Waals surface area contributed by atoms with E-state index in [2.05, 4.69) is 41.2 Å². The van der Waals surface area contributed by atoms with E-state index in [1.54, 1.807) is 0 Å². The maximum absolute atomic E-state index is 5.92. The minimum absolute atomic E-state index is 0.215. The third kappa shape index (κ3) is 10.1. The van der Waals surface area contributed by atoms with E-state index in [1.807, 2.05) is 0 Å². The van der Waals surface area contributed by atoms with E-state index in [-0.39, 0.29) is 6.10 Å². The Morgan fingerprint density at radius 2 is 1.86 bits per heavy atom. The third-order valence-electron chi connectivity index (χ3n) is 5.54. The molecule has 0 aliphatic carbocycles. The fourth-order valence-electron chi connectivity index (χ4n) is 4.13. The molecule has 2 aliphatic heterocycles. The van der Waals surface area contributed by atoms with Crippen LogP contribution in [0.5, 0.6) is 0 Å². The van der Waals surface area contributed by atoms with Crippen LogP contribution in [-0.4, -0.2) is 87.4 Å². The van der Waals surface area contributed by atoms with Gasteiger partial charge in [-0.1, -0.05) is 26.7 Å². The van der Waals surface area contributed by atoms with Crippen molar-refractivity contribution in [3.05, 3.63) is 0 Å². The second kappa shape index (κ2) is 14.2. The zero-order valence-corrected chi connectivity index (χ0v) is 18.7. The summed E-state index contributed by atoms with van der Waals surface area (Å²) < 4.78 is 5.92. The molecule has 2 rings (SSSR count). The van der Waals surface area contributed by atoms with E-state index in [0.29, 0.717) is 5.92 Å². The van der Waals surface area contributed by atoms with Gasteiger partial charge in [-0.3, -0.25) is 9.89 Å². The topological polar surface area (TPSA) is 52.1 Å². The van der Waals surface area contributed by atoms with Crippen LogP contribution in [0.25, 0.3) is 0 Å². The van der Waals surface area contributed by atoms with Crippen molar-refractivity contribution in [1.29, 1.82) is 0 Å². The summed E-state index contributed by atoms with van der Waals surface area (Å²) in [5.41, 5.74) is 0. The molecule has 0 spiro atoms. The molecule has 28 heavy (non-hydrogen) atoms. The number of hydrogen-bond donors (Lipinski definition) is 2. The normalized spacial score (nSPS) is 22.6. The van der Waals surface area contributed by atoms with Crippen molar-refractivity contribution < 1.29 is 4.74 Å². The zero-order chi connectivity index (χ0) is 20.0. The Morgan fingerprint density at radius 1 is 1.04 bits per heavy atom. The smallest absolute Gasteiger partial charge is 0.191 e. The molecule has 164 valence electrons. The first kappa shape index (κ1) is 23.4. The summed E-state index contributed by atoms with van der Waals surface area (Å²) >= 11 is 0. The Kier molecular flexibility index (Phi) is 11.9. The molecule has 0 aromatic carbocycles. The maximum atomic E-state index is 5.92. The van der Waals surface area contributed by atoms with Crippen LogP contribution in [0.2, 0.25) is 0 Å². The molecule has 6 heteroatoms. The molecule has 0 saturated carbocycles. The molecule has 6 nitrogen and oxygen atoms in total. The molecule has 0 aromatic rings. The van der Waals surface area contributed by atoms with E-state index in [1.165, 1.54) is 58.2 Å². The highest BCUT2D eigenvalue weighted by molar-refractivity contribution is 5.79. The van der Waals surface area contributed by atoms with Gasteiger partial charge in [0.25, 0.3) is 0 Å². The predicted octanol–water partition coefficient (Wildman–Crippen LogP) is 2.55. The van der Waals surface area contributed by atoms with Crippen molar-refractivity contribution in [3.8, 4) is 0 Å². The highest BCUT2D eigenvalue weighted by atomic mass is 16.5. The van der Waals surface area contributed by atoms with Gasteiger partial charge >= 0.3 is 0 Å². The number of ether oxygens (including phenoxy) is 1. The number of nitrogens with zero attached hydrogens (tertiary/aromatic N) is 3. The minimum Gasteiger partial charge on any atom is -0.374 e. The number of guanidine groups is 1. The molecular weight excluding hydrogens is 350 g/mol. The van der Waals surface area contributed by atoms with E-state index in [4.69, 9.17) is 9.73 Å². The Labute approximate surface area is 173 Å². The van der Waals surface area contributed by atoms with Gasteiger partial charge in [0.15, 0.2) is 5.96 Å². The van der Waals surface area contributed by atoms with E-state index < -0.39 is 0 Å². The van der Waals surface area contributed by atoms with Gasteiger partial charge in [0.05, 0.1) is 19.3 Å². The molecule has 0 amide bonds. The predicted molar refractivity (Wildman–Crippen MR) is 119 cm³/mol. The number of unbranched alkanes of at least 4 members (excludes halogenated alkanes) is 2. The van der Waals surface area contributed by atoms with Crippen molar-refractivity contribution in [2.45, 2.75) is 65.4 Å². The minimum atomic E-state index is 0.215. The van der Waals surface area contributed by atoms with Crippen molar-refractivity contribution >= 4 is 5.96 Å². The first-order valence-electron chi connectivity index (χ1n) is 11.8. The Bertz CT molecular complexity index is 423. The zero-order valence-electron chi connectivity index (χ0n) is 18.7. The summed E-state index contributed by atoms with van der Waals surface area (Å²) in [6, 6.07) is 0. The fourth-order valence-corrected chi connectivity index (χ4v) is 4.13. The molecule has 2 aliphatic rings. The van der Waals surface area contributed by atoms with E-state index in [9.17, 15) is 0 Å². The van der Waals surface area contributed by atoms with Crippen LogP contribution < -0.4 is 10.6 Å². The quantitative estimate of drug-likeness (QED) is 0.320. The number of piperidine rings is 1. The van der Waals surface area contributed by atoms with Crippen LogP contribution in [-0.2, 0) is 4.74 Å². The van der Waals surface area contributed by atoms with Crippen LogP contribution in [0.4, 0.5) is 0 Å². The lowest BCUT2D eigenvalue weighted by Gasteiger charge is -2.33. The lowest BCUT2D eigenvalue weighted by Crippen LogP contribution is -2.46. The summed E-state index contributed by atoms with van der Waals surface area (Å²) in [5, 5.41) is 6.87. The molecule has 2 fully saturated rings. The van der Waals surface area contributed by atoms with Crippen LogP contribution in [0, 0.1) is 5.92 Å². The number of morpholine rings is 1. The second-order valence-electron chi connectivity index (χ2n) is 8.76. The molecule has 2 saturated heterocycles. The van der Waals surface area contributed by atoms with Crippen LogP contribution in [0.15, 0.2) is 4.99 Å². The summed E-state index contributed by atoms with van der Waals surface area (Å²) in [6.07, 6.45) is 8.24. The average molecular weight is 396 g/mol. The Hall–Kier alpha value is -0.850. The molecule has 0 radical (unpaired) electrons. The Morgan fingerprint density at radius 3 is 2.61 bits per heavy atom. The van der Waals surface area contributed by atoms with Gasteiger partial charge in [-0.05, 0) is 58.2 Å². The summed E-state index contributed by atoms with van der Waals surface area (Å²) in [6.45, 7) is 17.2. The number of hydrogen-bond acceptors (Lipinski definition) is 4. The van der Waals surface area contributed by atoms with Crippen molar-refractivity contribution in [3.63, 3.8) is 0 Å². The first-order valence-corrected chi connectivity index (χ1v) is 11.8. The third-order valence-corrected chi connectivity index (χ3v) is 5.54. The molecule has 0 aromatic heterocycles. The lowest BCUT2D eigenvalue weighted by atomic mass is 10.1. The fraction of sp³-hybridized carbons (Fsp3) is 0.955. The standard InChI is InChI=1S/C22H45N5O/c1-4-23-22(24-11-7-5-8-12-26-13-9-6-10-14-26)25-17-21-19-27(15-16-28-21)18-20(2)3/h20-21H,4-19H2,1-3H3,(H2,23,24,25). The van der Waals surface area contributed by atoms with Gasteiger partial charge in [0.2, 0.25) is 0 Å². The van der Waals surface area contributed by atoms with Crippen molar-refractivity contribution in [1.82, 2.24) is 20.4 Å². The van der Waals surface area contributed by atoms with E-state index >= 15 is 0 Å². The van der Waals surface area contributed by atoms with Crippen LogP contribution in [0.1, 0.15) is 59.3 Å². The first-order chi connectivity index (χ1) is 13.7. The largest absolute Gasteiger partial charge is 0.374 e. The second-order valence-corrected chi connectivity index (χ2v) is 8.76. The monoisotopic (exact) mass is 395 g/mol. The summed E-state index contributed by atoms with van der Waals surface area (Å²) in [4.78, 5) is 9.92. The average Bonchev–Trinajstić information content (AvgIpc) is 2.69. The number of likely N-dealkylation sites (tertiary alicyclic amines) is 1. The lowest BCUT2D eigenvalue weighted by molar-refractivity contribution is -0.0261. The van der Waals surface area contributed by atoms with Crippen LogP contribution >= 0.6 is 0 Å². The molecule has 2 heterocycles. The van der Waals surface area contributed by atoms with Gasteiger partial charge in [0, 0.05) is 32.7 Å². The van der Waals surface area contributed by atoms with Gasteiger partial charge in [-0.25, -0.2) is 0 Å². The summed E-state index contributed by atoms with van der Waals surface area (Å²) in [5.74, 6) is 1.64. The van der Waals surface area contributed by atoms with Gasteiger partial charge < -0.3 is 20.3 Å². The summed E-state index contributed by atoms with van der Waals surface area (Å²) in [7, 11) is 0. The van der Waals surface area contributed by atoms with E-state index in [0.717, 1.165) is 51.8 Å². The molecular formula is C22H45N5O. The van der Waals surface area contributed by atoms with Crippen molar-refractivity contribution in [2.24, 2.45) is 10.9 Å². The number of aliphatic imine (C=N–C) groups is 1. The molecule has 2 N–H and O–H groups in total. The maximum Gasteiger partial charge on any atom is 0.191 e. The number of nitrogens with one attached hydrogen (secondary N) is 2. The highest BCUT2D eigenvalue weighted by Crippen LogP contribution is 2.10. The van der Waals surface area contributed by atoms with Crippen LogP contribution in [0.3, 0.4) is 0 Å². The van der Waals surface area contributed by atoms with Gasteiger partial charge in [-0.15, -0.1) is 0 Å². The highest BCUT2D eigenvalue weighted by Gasteiger charge is 2.20. The van der Waals surface area contributed by atoms with Gasteiger partial charge in [-0.2, -0.15) is 0 Å². The Balaban J connectivity index is 1.60. The SMILES string of the molecule is CCNC(=NCC1CN(CC(C)C)CCO1)NCCCCCN1CCCCC1.